The van der Waals surface area contributed by atoms with Crippen molar-refractivity contribution in [3.05, 3.63) is 23.8 Å². The molecule has 0 spiro atoms. The van der Waals surface area contributed by atoms with E-state index in [1.165, 1.54) is 0 Å². The lowest BCUT2D eigenvalue weighted by Gasteiger charge is -2.25. The first-order valence-corrected chi connectivity index (χ1v) is 8.65. The fourth-order valence-corrected chi connectivity index (χ4v) is 3.15. The molecule has 6 nitrogen and oxygen atoms in total. The van der Waals surface area contributed by atoms with E-state index in [0.29, 0.717) is 25.7 Å². The molecule has 1 atom stereocenters. The molecule has 3 rings (SSSR count). The van der Waals surface area contributed by atoms with Gasteiger partial charge in [0, 0.05) is 51.7 Å². The minimum atomic E-state index is 0.582. The summed E-state index contributed by atoms with van der Waals surface area (Å²) in [4.78, 5) is 6.56. The minimum absolute atomic E-state index is 0.582. The van der Waals surface area contributed by atoms with Crippen LogP contribution < -0.4 is 14.8 Å². The van der Waals surface area contributed by atoms with Crippen molar-refractivity contribution in [2.24, 2.45) is 10.9 Å². The van der Waals surface area contributed by atoms with E-state index in [1.54, 1.807) is 0 Å². The number of para-hydroxylation sites is 1. The summed E-state index contributed by atoms with van der Waals surface area (Å²) in [6, 6.07) is 6.04. The molecule has 0 saturated carbocycles. The van der Waals surface area contributed by atoms with E-state index in [4.69, 9.17) is 14.2 Å². The monoisotopic (exact) mass is 333 g/mol. The molecule has 2 aliphatic rings. The largest absolute Gasteiger partial charge is 0.490 e. The molecule has 2 heterocycles. The highest BCUT2D eigenvalue weighted by atomic mass is 16.5. The number of hydrogen-bond acceptors (Lipinski definition) is 4. The number of nitrogens with zero attached hydrogens (tertiary/aromatic N) is 2. The van der Waals surface area contributed by atoms with E-state index in [9.17, 15) is 0 Å². The summed E-state index contributed by atoms with van der Waals surface area (Å²) in [6.45, 7) is 4.73. The minimum Gasteiger partial charge on any atom is -0.490 e. The van der Waals surface area contributed by atoms with Crippen LogP contribution in [0.5, 0.6) is 11.5 Å². The predicted octanol–water partition coefficient (Wildman–Crippen LogP) is 1.89. The van der Waals surface area contributed by atoms with Crippen LogP contribution in [0.15, 0.2) is 23.2 Å². The molecular formula is C18H27N3O3. The van der Waals surface area contributed by atoms with Crippen LogP contribution in [0, 0.1) is 5.92 Å². The van der Waals surface area contributed by atoms with Gasteiger partial charge >= 0.3 is 0 Å². The van der Waals surface area contributed by atoms with Gasteiger partial charge in [0.25, 0.3) is 0 Å². The molecule has 0 radical (unpaired) electrons. The zero-order valence-corrected chi connectivity index (χ0v) is 14.6. The van der Waals surface area contributed by atoms with Crippen molar-refractivity contribution < 1.29 is 14.2 Å². The Labute approximate surface area is 143 Å². The van der Waals surface area contributed by atoms with Crippen molar-refractivity contribution in [2.75, 3.05) is 47.1 Å². The van der Waals surface area contributed by atoms with Crippen molar-refractivity contribution in [3.63, 3.8) is 0 Å². The van der Waals surface area contributed by atoms with Gasteiger partial charge in [0.1, 0.15) is 0 Å². The Morgan fingerprint density at radius 1 is 1.29 bits per heavy atom. The fourth-order valence-electron chi connectivity index (χ4n) is 3.15. The maximum atomic E-state index is 5.88. The summed E-state index contributed by atoms with van der Waals surface area (Å²) in [6.07, 6.45) is 2.04. The number of benzene rings is 1. The summed E-state index contributed by atoms with van der Waals surface area (Å²) in [5.74, 6) is 3.15. The molecule has 6 heteroatoms. The number of ether oxygens (including phenoxy) is 3. The van der Waals surface area contributed by atoms with Gasteiger partial charge in [-0.3, -0.25) is 4.99 Å². The maximum absolute atomic E-state index is 5.88. The molecular weight excluding hydrogens is 306 g/mol. The van der Waals surface area contributed by atoms with E-state index < -0.39 is 0 Å². The summed E-state index contributed by atoms with van der Waals surface area (Å²) in [5, 5.41) is 3.43. The molecule has 1 N–H and O–H groups in total. The van der Waals surface area contributed by atoms with Gasteiger partial charge in [0.15, 0.2) is 17.5 Å². The molecule has 1 aromatic carbocycles. The van der Waals surface area contributed by atoms with Crippen molar-refractivity contribution in [1.29, 1.82) is 0 Å². The summed E-state index contributed by atoms with van der Waals surface area (Å²) < 4.78 is 17.1. The number of nitrogens with one attached hydrogen (secondary N) is 1. The first kappa shape index (κ1) is 16.9. The Morgan fingerprint density at radius 2 is 2.17 bits per heavy atom. The van der Waals surface area contributed by atoms with Gasteiger partial charge in [-0.15, -0.1) is 0 Å². The molecule has 2 aliphatic heterocycles. The van der Waals surface area contributed by atoms with Gasteiger partial charge in [-0.1, -0.05) is 12.1 Å². The zero-order chi connectivity index (χ0) is 16.8. The number of hydrogen-bond donors (Lipinski definition) is 1. The molecule has 0 aromatic heterocycles. The smallest absolute Gasteiger partial charge is 0.193 e. The van der Waals surface area contributed by atoms with Gasteiger partial charge in [0.05, 0.1) is 19.8 Å². The van der Waals surface area contributed by atoms with E-state index in [-0.39, 0.29) is 0 Å². The molecule has 1 saturated heterocycles. The average molecular weight is 333 g/mol. The van der Waals surface area contributed by atoms with Crippen LogP contribution in [-0.4, -0.2) is 57.9 Å². The average Bonchev–Trinajstić information content (AvgIpc) is 2.97. The molecule has 1 fully saturated rings. The third-order valence-electron chi connectivity index (χ3n) is 4.42. The predicted molar refractivity (Wildman–Crippen MR) is 93.8 cm³/mol. The van der Waals surface area contributed by atoms with Crippen molar-refractivity contribution in [2.45, 2.75) is 19.4 Å². The molecule has 0 bridgehead atoms. The molecule has 132 valence electrons. The zero-order valence-electron chi connectivity index (χ0n) is 14.6. The van der Waals surface area contributed by atoms with Crippen molar-refractivity contribution in [3.8, 4) is 11.5 Å². The number of fused-ring (bicyclic) bond motifs is 1. The SMILES string of the molecule is CN=C(NCc1cccc2c1OCCCO2)N(C)CC1CCOC1. The number of rotatable bonds is 4. The van der Waals surface area contributed by atoms with Crippen LogP contribution in [-0.2, 0) is 11.3 Å². The lowest BCUT2D eigenvalue weighted by Crippen LogP contribution is -2.41. The lowest BCUT2D eigenvalue weighted by atomic mass is 10.1. The topological polar surface area (TPSA) is 55.3 Å². The van der Waals surface area contributed by atoms with Crippen LogP contribution in [0.2, 0.25) is 0 Å². The van der Waals surface area contributed by atoms with Gasteiger partial charge in [-0.25, -0.2) is 0 Å². The van der Waals surface area contributed by atoms with Gasteiger partial charge < -0.3 is 24.4 Å². The van der Waals surface area contributed by atoms with Crippen molar-refractivity contribution >= 4 is 5.96 Å². The highest BCUT2D eigenvalue weighted by Gasteiger charge is 2.20. The molecule has 0 aliphatic carbocycles. The second-order valence-corrected chi connectivity index (χ2v) is 6.31. The van der Waals surface area contributed by atoms with E-state index in [1.807, 2.05) is 19.2 Å². The number of aliphatic imine (C=N–C) groups is 1. The highest BCUT2D eigenvalue weighted by molar-refractivity contribution is 5.79. The van der Waals surface area contributed by atoms with Crippen LogP contribution in [0.25, 0.3) is 0 Å². The Morgan fingerprint density at radius 3 is 2.96 bits per heavy atom. The first-order chi connectivity index (χ1) is 11.8. The van der Waals surface area contributed by atoms with Crippen LogP contribution in [0.4, 0.5) is 0 Å². The first-order valence-electron chi connectivity index (χ1n) is 8.65. The lowest BCUT2D eigenvalue weighted by molar-refractivity contribution is 0.181. The third kappa shape index (κ3) is 4.12. The van der Waals surface area contributed by atoms with E-state index >= 15 is 0 Å². The molecule has 1 unspecified atom stereocenters. The van der Waals surface area contributed by atoms with Crippen LogP contribution in [0.3, 0.4) is 0 Å². The Kier molecular flexibility index (Phi) is 5.80. The molecule has 1 aromatic rings. The normalized spacial score (nSPS) is 20.6. The Bertz CT molecular complexity index is 571. The maximum Gasteiger partial charge on any atom is 0.193 e. The quantitative estimate of drug-likeness (QED) is 0.674. The molecule has 24 heavy (non-hydrogen) atoms. The fraction of sp³-hybridized carbons (Fsp3) is 0.611. The van der Waals surface area contributed by atoms with Crippen molar-refractivity contribution in [1.82, 2.24) is 10.2 Å². The Hall–Kier alpha value is -1.95. The van der Waals surface area contributed by atoms with E-state index in [0.717, 1.165) is 55.6 Å². The standard InChI is InChI=1S/C18H27N3O3/c1-19-18(21(2)12-14-7-10-22-13-14)20-11-15-5-3-6-16-17(15)24-9-4-8-23-16/h3,5-6,14H,4,7-13H2,1-2H3,(H,19,20). The van der Waals surface area contributed by atoms with Gasteiger partial charge in [-0.05, 0) is 12.5 Å². The highest BCUT2D eigenvalue weighted by Crippen LogP contribution is 2.33. The summed E-state index contributed by atoms with van der Waals surface area (Å²) >= 11 is 0. The molecule has 0 amide bonds. The second-order valence-electron chi connectivity index (χ2n) is 6.31. The summed E-state index contributed by atoms with van der Waals surface area (Å²) in [7, 11) is 3.88. The Balaban J connectivity index is 1.61. The third-order valence-corrected chi connectivity index (χ3v) is 4.42. The van der Waals surface area contributed by atoms with Gasteiger partial charge in [-0.2, -0.15) is 0 Å². The number of guanidine groups is 1. The summed E-state index contributed by atoms with van der Waals surface area (Å²) in [5.41, 5.74) is 1.09. The second kappa shape index (κ2) is 8.24. The van der Waals surface area contributed by atoms with Crippen LogP contribution in [0.1, 0.15) is 18.4 Å². The van der Waals surface area contributed by atoms with Crippen LogP contribution >= 0.6 is 0 Å². The van der Waals surface area contributed by atoms with E-state index in [2.05, 4.69) is 28.3 Å². The van der Waals surface area contributed by atoms with Gasteiger partial charge in [0.2, 0.25) is 0 Å².